The largest absolute Gasteiger partial charge is 0.465 e. The minimum absolute atomic E-state index is 0.0959. The Morgan fingerprint density at radius 1 is 1.16 bits per heavy atom. The van der Waals surface area contributed by atoms with Crippen molar-refractivity contribution in [1.29, 1.82) is 0 Å². The lowest BCUT2D eigenvalue weighted by atomic mass is 9.88. The number of nitro benzene ring substituents is 1. The normalized spacial score (nSPS) is 17.9. The van der Waals surface area contributed by atoms with Crippen LogP contribution >= 0.6 is 0 Å². The quantitative estimate of drug-likeness (QED) is 0.241. The highest BCUT2D eigenvalue weighted by atomic mass is 16.6. The van der Waals surface area contributed by atoms with Crippen molar-refractivity contribution in [2.24, 2.45) is 5.92 Å². The van der Waals surface area contributed by atoms with E-state index in [0.29, 0.717) is 23.5 Å². The van der Waals surface area contributed by atoms with Crippen LogP contribution in [0.2, 0.25) is 0 Å². The number of para-hydroxylation sites is 3. The van der Waals surface area contributed by atoms with Gasteiger partial charge in [-0.25, -0.2) is 4.98 Å². The summed E-state index contributed by atoms with van der Waals surface area (Å²) in [6.07, 6.45) is 1.57. The minimum Gasteiger partial charge on any atom is -0.465 e. The number of amides is 1. The molecular weight excluding hydrogens is 412 g/mol. The van der Waals surface area contributed by atoms with Gasteiger partial charge in [0.05, 0.1) is 34.2 Å². The van der Waals surface area contributed by atoms with E-state index in [1.807, 2.05) is 31.2 Å². The summed E-state index contributed by atoms with van der Waals surface area (Å²) >= 11 is 0. The van der Waals surface area contributed by atoms with Gasteiger partial charge in [0, 0.05) is 12.6 Å². The van der Waals surface area contributed by atoms with E-state index in [2.05, 4.69) is 4.98 Å². The second-order valence-electron chi connectivity index (χ2n) is 7.60. The Balaban J connectivity index is 2.03. The molecule has 166 valence electrons. The number of hydrogen-bond acceptors (Lipinski definition) is 6. The van der Waals surface area contributed by atoms with Crippen LogP contribution in [0, 0.1) is 16.0 Å². The molecule has 9 heteroatoms. The van der Waals surface area contributed by atoms with Crippen LogP contribution in [-0.2, 0) is 14.3 Å². The molecule has 0 fully saturated rings. The number of esters is 1. The van der Waals surface area contributed by atoms with Crippen molar-refractivity contribution in [3.63, 3.8) is 0 Å². The van der Waals surface area contributed by atoms with Crippen molar-refractivity contribution in [2.45, 2.75) is 32.7 Å². The van der Waals surface area contributed by atoms with E-state index >= 15 is 0 Å². The highest BCUT2D eigenvalue weighted by Crippen LogP contribution is 2.43. The second-order valence-corrected chi connectivity index (χ2v) is 7.60. The van der Waals surface area contributed by atoms with Crippen molar-refractivity contribution >= 4 is 34.5 Å². The molecule has 1 aliphatic rings. The number of ether oxygens (including phenoxy) is 1. The molecule has 2 heterocycles. The average molecular weight is 436 g/mol. The zero-order valence-electron chi connectivity index (χ0n) is 17.9. The van der Waals surface area contributed by atoms with Crippen molar-refractivity contribution in [3.8, 4) is 0 Å². The van der Waals surface area contributed by atoms with Gasteiger partial charge < -0.3 is 9.30 Å². The van der Waals surface area contributed by atoms with Crippen molar-refractivity contribution in [2.75, 3.05) is 18.1 Å². The Labute approximate surface area is 184 Å². The highest BCUT2D eigenvalue weighted by Gasteiger charge is 2.49. The molecule has 1 amide bonds. The molecule has 0 radical (unpaired) electrons. The van der Waals surface area contributed by atoms with E-state index in [-0.39, 0.29) is 17.9 Å². The van der Waals surface area contributed by atoms with Crippen LogP contribution in [0.15, 0.2) is 48.5 Å². The zero-order chi connectivity index (χ0) is 22.8. The number of hydrogen-bond donors (Lipinski definition) is 0. The first kappa shape index (κ1) is 21.5. The van der Waals surface area contributed by atoms with Gasteiger partial charge in [-0.15, -0.1) is 0 Å². The third kappa shape index (κ3) is 3.49. The molecule has 0 saturated carbocycles. The number of imidazole rings is 1. The molecule has 9 nitrogen and oxygen atoms in total. The Kier molecular flexibility index (Phi) is 5.89. The van der Waals surface area contributed by atoms with E-state index < -0.39 is 28.8 Å². The number of fused-ring (bicyclic) bond motifs is 3. The summed E-state index contributed by atoms with van der Waals surface area (Å²) in [6.45, 7) is 4.16. The predicted octanol–water partition coefficient (Wildman–Crippen LogP) is 3.86. The van der Waals surface area contributed by atoms with Gasteiger partial charge in [0.2, 0.25) is 11.9 Å². The maximum Gasteiger partial charge on any atom is 0.321 e. The molecule has 0 spiro atoms. The van der Waals surface area contributed by atoms with Crippen LogP contribution in [0.5, 0.6) is 0 Å². The number of carbonyl (C=O) groups excluding carboxylic acids is 2. The minimum atomic E-state index is -1.27. The summed E-state index contributed by atoms with van der Waals surface area (Å²) in [5.41, 5.74) is 1.44. The van der Waals surface area contributed by atoms with Crippen LogP contribution in [0.3, 0.4) is 0 Å². The lowest BCUT2D eigenvalue weighted by Crippen LogP contribution is -2.50. The first-order chi connectivity index (χ1) is 15.5. The number of aromatic nitrogens is 2. The molecule has 0 N–H and O–H groups in total. The number of rotatable bonds is 7. The summed E-state index contributed by atoms with van der Waals surface area (Å²) < 4.78 is 7.04. The third-order valence-corrected chi connectivity index (χ3v) is 5.67. The van der Waals surface area contributed by atoms with Crippen molar-refractivity contribution < 1.29 is 19.2 Å². The zero-order valence-corrected chi connectivity index (χ0v) is 17.9. The Hall–Kier alpha value is -3.75. The standard InChI is InChI=1S/C23H24N4O5/c1-3-5-14-25-21(28)19(22(29)32-4-2)20(15-10-6-8-12-17(15)27(30)31)26-18-13-9-7-11-16(18)24-23(25)26/h6-13,19-20H,3-5,14H2,1-2H3/t19-,20+/m1/s1. The number of benzene rings is 2. The van der Waals surface area contributed by atoms with Crippen molar-refractivity contribution in [3.05, 3.63) is 64.2 Å². The maximum atomic E-state index is 13.7. The summed E-state index contributed by atoms with van der Waals surface area (Å²) in [4.78, 5) is 44.3. The van der Waals surface area contributed by atoms with E-state index in [1.165, 1.54) is 11.0 Å². The molecule has 3 aromatic rings. The van der Waals surface area contributed by atoms with Gasteiger partial charge in [-0.05, 0) is 25.5 Å². The molecule has 0 aliphatic carbocycles. The molecule has 0 bridgehead atoms. The van der Waals surface area contributed by atoms with Gasteiger partial charge >= 0.3 is 5.97 Å². The van der Waals surface area contributed by atoms with Crippen molar-refractivity contribution in [1.82, 2.24) is 9.55 Å². The van der Waals surface area contributed by atoms with Crippen LogP contribution in [0.4, 0.5) is 11.6 Å². The topological polar surface area (TPSA) is 108 Å². The Morgan fingerprint density at radius 3 is 2.59 bits per heavy atom. The summed E-state index contributed by atoms with van der Waals surface area (Å²) in [5, 5.41) is 11.8. The average Bonchev–Trinajstić information content (AvgIpc) is 3.17. The third-order valence-electron chi connectivity index (χ3n) is 5.67. The van der Waals surface area contributed by atoms with E-state index in [9.17, 15) is 19.7 Å². The number of unbranched alkanes of at least 4 members (excludes halogenated alkanes) is 1. The number of nitrogens with zero attached hydrogens (tertiary/aromatic N) is 4. The molecule has 0 unspecified atom stereocenters. The molecule has 32 heavy (non-hydrogen) atoms. The van der Waals surface area contributed by atoms with Gasteiger partial charge in [0.1, 0.15) is 0 Å². The molecular formula is C23H24N4O5. The molecule has 4 rings (SSSR count). The summed E-state index contributed by atoms with van der Waals surface area (Å²) in [6, 6.07) is 12.6. The maximum absolute atomic E-state index is 13.7. The molecule has 2 aromatic carbocycles. The van der Waals surface area contributed by atoms with Gasteiger partial charge in [-0.3, -0.25) is 24.6 Å². The second kappa shape index (κ2) is 8.78. The number of carbonyl (C=O) groups is 2. The summed E-state index contributed by atoms with van der Waals surface area (Å²) in [5.74, 6) is -2.04. The molecule has 0 saturated heterocycles. The Morgan fingerprint density at radius 2 is 1.88 bits per heavy atom. The SMILES string of the molecule is CCCCN1C(=O)[C@H](C(=O)OCC)[C@H](c2ccccc2[N+](=O)[O-])n2c1nc1ccccc12. The first-order valence-electron chi connectivity index (χ1n) is 10.7. The van der Waals surface area contributed by atoms with E-state index in [0.717, 1.165) is 12.8 Å². The van der Waals surface area contributed by atoms with Crippen LogP contribution < -0.4 is 4.90 Å². The fourth-order valence-corrected chi connectivity index (χ4v) is 4.26. The fraction of sp³-hybridized carbons (Fsp3) is 0.348. The number of anilines is 1. The molecule has 1 aliphatic heterocycles. The van der Waals surface area contributed by atoms with E-state index in [1.54, 1.807) is 29.7 Å². The Bertz CT molecular complexity index is 1190. The smallest absolute Gasteiger partial charge is 0.321 e. The van der Waals surface area contributed by atoms with Gasteiger partial charge in [-0.2, -0.15) is 0 Å². The monoisotopic (exact) mass is 436 g/mol. The van der Waals surface area contributed by atoms with E-state index in [4.69, 9.17) is 4.74 Å². The van der Waals surface area contributed by atoms with Gasteiger partial charge in [-0.1, -0.05) is 43.7 Å². The lowest BCUT2D eigenvalue weighted by Gasteiger charge is -2.37. The molecule has 2 atom stereocenters. The highest BCUT2D eigenvalue weighted by molar-refractivity contribution is 6.08. The van der Waals surface area contributed by atoms with Crippen LogP contribution in [-0.4, -0.2) is 39.5 Å². The lowest BCUT2D eigenvalue weighted by molar-refractivity contribution is -0.385. The predicted molar refractivity (Wildman–Crippen MR) is 118 cm³/mol. The van der Waals surface area contributed by atoms with Crippen LogP contribution in [0.1, 0.15) is 38.3 Å². The fourth-order valence-electron chi connectivity index (χ4n) is 4.26. The molecule has 1 aromatic heterocycles. The summed E-state index contributed by atoms with van der Waals surface area (Å²) in [7, 11) is 0. The van der Waals surface area contributed by atoms with Gasteiger partial charge in [0.15, 0.2) is 5.92 Å². The van der Waals surface area contributed by atoms with Crippen LogP contribution in [0.25, 0.3) is 11.0 Å². The van der Waals surface area contributed by atoms with Gasteiger partial charge in [0.25, 0.3) is 5.69 Å². The first-order valence-corrected chi connectivity index (χ1v) is 10.7. The number of nitro groups is 1.